The summed E-state index contributed by atoms with van der Waals surface area (Å²) in [7, 11) is 0. The Kier molecular flexibility index (Phi) is 7.79. The van der Waals surface area contributed by atoms with Crippen molar-refractivity contribution in [3.8, 4) is 11.5 Å². The van der Waals surface area contributed by atoms with Crippen molar-refractivity contribution >= 4 is 17.4 Å². The first-order chi connectivity index (χ1) is 15.8. The largest absolute Gasteiger partial charge is 0.508 e. The number of ketones is 1. The summed E-state index contributed by atoms with van der Waals surface area (Å²) in [5, 5.41) is 21.0. The number of carbonyl (C=O) groups excluding carboxylic acids is 2. The molecule has 33 heavy (non-hydrogen) atoms. The van der Waals surface area contributed by atoms with Gasteiger partial charge in [-0.2, -0.15) is 0 Å². The van der Waals surface area contributed by atoms with Gasteiger partial charge in [0.2, 0.25) is 0 Å². The Morgan fingerprint density at radius 1 is 1.06 bits per heavy atom. The summed E-state index contributed by atoms with van der Waals surface area (Å²) in [6.07, 6.45) is 2.68. The van der Waals surface area contributed by atoms with E-state index in [2.05, 4.69) is 6.92 Å². The second-order valence-electron chi connectivity index (χ2n) is 8.63. The third-order valence-corrected chi connectivity index (χ3v) is 5.96. The summed E-state index contributed by atoms with van der Waals surface area (Å²) in [6.45, 7) is 8.99. The van der Waals surface area contributed by atoms with Gasteiger partial charge in [0.15, 0.2) is 0 Å². The van der Waals surface area contributed by atoms with Gasteiger partial charge in [0.25, 0.3) is 11.7 Å². The third kappa shape index (κ3) is 5.05. The van der Waals surface area contributed by atoms with Gasteiger partial charge in [0.05, 0.1) is 18.2 Å². The van der Waals surface area contributed by atoms with Gasteiger partial charge in [-0.05, 0) is 60.7 Å². The van der Waals surface area contributed by atoms with E-state index >= 15 is 0 Å². The molecule has 2 N–H and O–H groups in total. The monoisotopic (exact) mass is 451 g/mol. The zero-order chi connectivity index (χ0) is 24.1. The number of carbonyl (C=O) groups is 2. The molecule has 0 saturated carbocycles. The van der Waals surface area contributed by atoms with Crippen LogP contribution in [0.4, 0.5) is 0 Å². The summed E-state index contributed by atoms with van der Waals surface area (Å²) in [6, 6.07) is 11.0. The van der Waals surface area contributed by atoms with Crippen LogP contribution in [0.1, 0.15) is 75.6 Å². The molecule has 1 aliphatic heterocycles. The molecule has 176 valence electrons. The van der Waals surface area contributed by atoms with E-state index in [9.17, 15) is 19.8 Å². The fourth-order valence-electron chi connectivity index (χ4n) is 4.24. The third-order valence-electron chi connectivity index (χ3n) is 5.96. The lowest BCUT2D eigenvalue weighted by molar-refractivity contribution is -0.139. The number of hydrogen-bond acceptors (Lipinski definition) is 5. The predicted octanol–water partition coefficient (Wildman–Crippen LogP) is 5.53. The molecule has 2 aromatic rings. The van der Waals surface area contributed by atoms with E-state index < -0.39 is 17.7 Å². The number of aliphatic hydroxyl groups excluding tert-OH is 1. The molecule has 0 bridgehead atoms. The number of amides is 1. The number of Topliss-reactive ketones (excluding diaryl/α,β-unsaturated/α-hetero) is 1. The van der Waals surface area contributed by atoms with Gasteiger partial charge in [-0.25, -0.2) is 0 Å². The zero-order valence-corrected chi connectivity index (χ0v) is 19.8. The SMILES string of the molecule is CCCCCN1C(=O)C(=O)/C(=C(\O)c2ccc(OCC)c(C(C)C)c2)C1c1ccc(O)cc1. The number of rotatable bonds is 9. The molecule has 1 amide bonds. The van der Waals surface area contributed by atoms with E-state index in [1.165, 1.54) is 17.0 Å². The normalized spacial score (nSPS) is 17.7. The quantitative estimate of drug-likeness (QED) is 0.227. The number of likely N-dealkylation sites (tertiary alicyclic amines) is 1. The number of aliphatic hydroxyl groups is 1. The van der Waals surface area contributed by atoms with E-state index in [1.807, 2.05) is 26.8 Å². The standard InChI is InChI=1S/C27H33NO5/c1-5-7-8-15-28-24(18-9-12-20(29)13-10-18)23(26(31)27(28)32)25(30)19-11-14-22(33-6-2)21(16-19)17(3)4/h9-14,16-17,24,29-30H,5-8,15H2,1-4H3/b25-23-. The fourth-order valence-corrected chi connectivity index (χ4v) is 4.24. The molecule has 2 aromatic carbocycles. The Bertz CT molecular complexity index is 1040. The number of nitrogens with zero attached hydrogens (tertiary/aromatic N) is 1. The molecule has 1 heterocycles. The lowest BCUT2D eigenvalue weighted by atomic mass is 9.93. The van der Waals surface area contributed by atoms with Crippen molar-refractivity contribution in [2.45, 2.75) is 58.9 Å². The topological polar surface area (TPSA) is 87.1 Å². The minimum atomic E-state index is -0.712. The van der Waals surface area contributed by atoms with Crippen LogP contribution >= 0.6 is 0 Å². The maximum Gasteiger partial charge on any atom is 0.295 e. The van der Waals surface area contributed by atoms with Crippen LogP contribution < -0.4 is 4.74 Å². The Balaban J connectivity index is 2.14. The van der Waals surface area contributed by atoms with Crippen molar-refractivity contribution in [2.75, 3.05) is 13.2 Å². The maximum atomic E-state index is 13.1. The molecule has 1 saturated heterocycles. The first-order valence-electron chi connectivity index (χ1n) is 11.6. The second-order valence-corrected chi connectivity index (χ2v) is 8.63. The molecule has 1 unspecified atom stereocenters. The van der Waals surface area contributed by atoms with Crippen LogP contribution in [0, 0.1) is 0 Å². The van der Waals surface area contributed by atoms with E-state index in [0.717, 1.165) is 30.6 Å². The predicted molar refractivity (Wildman–Crippen MR) is 128 cm³/mol. The van der Waals surface area contributed by atoms with Gasteiger partial charge < -0.3 is 19.8 Å². The minimum Gasteiger partial charge on any atom is -0.508 e. The molecular formula is C27H33NO5. The maximum absolute atomic E-state index is 13.1. The highest BCUT2D eigenvalue weighted by Gasteiger charge is 2.45. The number of phenolic OH excluding ortho intramolecular Hbond substituents is 1. The smallest absolute Gasteiger partial charge is 0.295 e. The fraction of sp³-hybridized carbons (Fsp3) is 0.407. The van der Waals surface area contributed by atoms with E-state index in [4.69, 9.17) is 4.74 Å². The van der Waals surface area contributed by atoms with Crippen LogP contribution in [-0.4, -0.2) is 40.0 Å². The highest BCUT2D eigenvalue weighted by Crippen LogP contribution is 2.41. The molecule has 0 aromatic heterocycles. The van der Waals surface area contributed by atoms with Crippen molar-refractivity contribution in [1.29, 1.82) is 0 Å². The number of phenols is 1. The molecule has 1 fully saturated rings. The van der Waals surface area contributed by atoms with E-state index in [0.29, 0.717) is 24.3 Å². The molecule has 0 radical (unpaired) electrons. The Hall–Kier alpha value is -3.28. The van der Waals surface area contributed by atoms with Crippen molar-refractivity contribution < 1.29 is 24.5 Å². The minimum absolute atomic E-state index is 0.0704. The first kappa shape index (κ1) is 24.4. The van der Waals surface area contributed by atoms with Gasteiger partial charge in [-0.1, -0.05) is 45.7 Å². The molecule has 3 rings (SSSR count). The first-order valence-corrected chi connectivity index (χ1v) is 11.6. The van der Waals surface area contributed by atoms with Crippen LogP contribution in [0.3, 0.4) is 0 Å². The average molecular weight is 452 g/mol. The van der Waals surface area contributed by atoms with Crippen LogP contribution in [0.15, 0.2) is 48.0 Å². The summed E-state index contributed by atoms with van der Waals surface area (Å²) in [5.41, 5.74) is 2.12. The molecule has 6 nitrogen and oxygen atoms in total. The van der Waals surface area contributed by atoms with Gasteiger partial charge in [0, 0.05) is 12.1 Å². The van der Waals surface area contributed by atoms with E-state index in [-0.39, 0.29) is 23.0 Å². The highest BCUT2D eigenvalue weighted by molar-refractivity contribution is 6.46. The van der Waals surface area contributed by atoms with E-state index in [1.54, 1.807) is 24.3 Å². The molecule has 0 aliphatic carbocycles. The lowest BCUT2D eigenvalue weighted by Gasteiger charge is -2.25. The van der Waals surface area contributed by atoms with Crippen LogP contribution in [0.2, 0.25) is 0 Å². The number of unbranched alkanes of at least 4 members (excludes halogenated alkanes) is 2. The molecule has 0 spiro atoms. The summed E-state index contributed by atoms with van der Waals surface area (Å²) < 4.78 is 5.72. The molecule has 6 heteroatoms. The zero-order valence-electron chi connectivity index (χ0n) is 19.8. The summed E-state index contributed by atoms with van der Waals surface area (Å²) >= 11 is 0. The Morgan fingerprint density at radius 2 is 1.76 bits per heavy atom. The number of ether oxygens (including phenoxy) is 1. The number of hydrogen-bond donors (Lipinski definition) is 2. The van der Waals surface area contributed by atoms with Crippen LogP contribution in [0.25, 0.3) is 5.76 Å². The van der Waals surface area contributed by atoms with Crippen LogP contribution in [-0.2, 0) is 9.59 Å². The second kappa shape index (κ2) is 10.6. The number of benzene rings is 2. The Morgan fingerprint density at radius 3 is 2.36 bits per heavy atom. The Labute approximate surface area is 195 Å². The van der Waals surface area contributed by atoms with Crippen molar-refractivity contribution in [1.82, 2.24) is 4.90 Å². The van der Waals surface area contributed by atoms with Gasteiger partial charge in [-0.3, -0.25) is 9.59 Å². The lowest BCUT2D eigenvalue weighted by Crippen LogP contribution is -2.30. The van der Waals surface area contributed by atoms with Crippen molar-refractivity contribution in [2.24, 2.45) is 0 Å². The summed E-state index contributed by atoms with van der Waals surface area (Å²) in [5.74, 6) is -0.533. The van der Waals surface area contributed by atoms with Crippen LogP contribution in [0.5, 0.6) is 11.5 Å². The van der Waals surface area contributed by atoms with Gasteiger partial charge in [-0.15, -0.1) is 0 Å². The van der Waals surface area contributed by atoms with Gasteiger partial charge >= 0.3 is 0 Å². The molecule has 1 atom stereocenters. The summed E-state index contributed by atoms with van der Waals surface area (Å²) in [4.78, 5) is 27.6. The van der Waals surface area contributed by atoms with Crippen molar-refractivity contribution in [3.05, 3.63) is 64.7 Å². The number of aromatic hydroxyl groups is 1. The van der Waals surface area contributed by atoms with Gasteiger partial charge in [0.1, 0.15) is 17.3 Å². The highest BCUT2D eigenvalue weighted by atomic mass is 16.5. The van der Waals surface area contributed by atoms with Crippen molar-refractivity contribution in [3.63, 3.8) is 0 Å². The average Bonchev–Trinajstić information content (AvgIpc) is 3.04. The molecule has 1 aliphatic rings. The molecular weight excluding hydrogens is 418 g/mol.